The van der Waals surface area contributed by atoms with Gasteiger partial charge in [-0.3, -0.25) is 14.4 Å². The van der Waals surface area contributed by atoms with Crippen molar-refractivity contribution in [1.82, 2.24) is 4.98 Å². The van der Waals surface area contributed by atoms with E-state index in [1.807, 2.05) is 0 Å². The van der Waals surface area contributed by atoms with Crippen molar-refractivity contribution >= 4 is 34.4 Å². The first-order chi connectivity index (χ1) is 13.5. The fourth-order valence-corrected chi connectivity index (χ4v) is 2.72. The summed E-state index contributed by atoms with van der Waals surface area (Å²) in [4.78, 5) is 38.7. The minimum absolute atomic E-state index is 0.0417. The predicted octanol–water partition coefficient (Wildman–Crippen LogP) is 2.71. The van der Waals surface area contributed by atoms with Gasteiger partial charge in [-0.1, -0.05) is 30.3 Å². The van der Waals surface area contributed by atoms with Crippen LogP contribution in [0.3, 0.4) is 0 Å². The molecule has 7 nitrogen and oxygen atoms in total. The summed E-state index contributed by atoms with van der Waals surface area (Å²) in [7, 11) is 1.43. The van der Waals surface area contributed by atoms with Crippen LogP contribution in [0.4, 0.5) is 5.69 Å². The number of nitrogens with one attached hydrogen (secondary N) is 2. The molecule has 0 fully saturated rings. The number of aromatic amines is 1. The number of rotatable bonds is 6. The van der Waals surface area contributed by atoms with Crippen LogP contribution in [0.2, 0.25) is 0 Å². The molecule has 0 spiro atoms. The summed E-state index contributed by atoms with van der Waals surface area (Å²) in [6, 6.07) is 13.5. The van der Waals surface area contributed by atoms with Crippen molar-refractivity contribution in [3.8, 4) is 5.75 Å². The van der Waals surface area contributed by atoms with Gasteiger partial charge in [0.05, 0.1) is 5.52 Å². The Balaban J connectivity index is 1.80. The first-order valence-corrected chi connectivity index (χ1v) is 8.45. The van der Waals surface area contributed by atoms with E-state index in [9.17, 15) is 19.5 Å². The smallest absolute Gasteiger partial charge is 0.263 e. The second-order valence-electron chi connectivity index (χ2n) is 6.02. The predicted molar refractivity (Wildman–Crippen MR) is 107 cm³/mol. The fourth-order valence-electron chi connectivity index (χ4n) is 2.72. The second-order valence-corrected chi connectivity index (χ2v) is 6.02. The molecular weight excluding hydrogens is 360 g/mol. The van der Waals surface area contributed by atoms with Crippen LogP contribution in [0.15, 0.2) is 59.4 Å². The third kappa shape index (κ3) is 4.16. The molecule has 142 valence electrons. The largest absolute Gasteiger partial charge is 0.506 e. The maximum Gasteiger partial charge on any atom is 0.263 e. The maximum absolute atomic E-state index is 12.4. The number of hydrogen-bond donors (Lipinski definition) is 3. The van der Waals surface area contributed by atoms with Crippen LogP contribution >= 0.6 is 0 Å². The molecular formula is C21H18N2O5. The molecule has 28 heavy (non-hydrogen) atoms. The van der Waals surface area contributed by atoms with Crippen molar-refractivity contribution in [1.29, 1.82) is 0 Å². The van der Waals surface area contributed by atoms with E-state index in [-0.39, 0.29) is 23.8 Å². The molecule has 0 aliphatic carbocycles. The number of ketones is 1. The molecule has 0 saturated carbocycles. The van der Waals surface area contributed by atoms with Crippen LogP contribution in [0, 0.1) is 0 Å². The van der Waals surface area contributed by atoms with Gasteiger partial charge in [-0.2, -0.15) is 0 Å². The summed E-state index contributed by atoms with van der Waals surface area (Å²) < 4.78 is 4.74. The van der Waals surface area contributed by atoms with E-state index in [0.29, 0.717) is 22.2 Å². The Bertz CT molecular complexity index is 1110. The van der Waals surface area contributed by atoms with E-state index in [0.717, 1.165) is 0 Å². The van der Waals surface area contributed by atoms with Gasteiger partial charge in [-0.25, -0.2) is 0 Å². The van der Waals surface area contributed by atoms with E-state index in [4.69, 9.17) is 4.74 Å². The summed E-state index contributed by atoms with van der Waals surface area (Å²) in [5.74, 6) is -1.22. The molecule has 0 aliphatic rings. The zero-order valence-electron chi connectivity index (χ0n) is 15.1. The first kappa shape index (κ1) is 19.1. The normalized spacial score (nSPS) is 11.0. The third-order valence-corrected chi connectivity index (χ3v) is 4.04. The quantitative estimate of drug-likeness (QED) is 0.451. The molecule has 1 heterocycles. The molecule has 0 bridgehead atoms. The lowest BCUT2D eigenvalue weighted by atomic mass is 10.1. The van der Waals surface area contributed by atoms with Gasteiger partial charge in [0.2, 0.25) is 5.91 Å². The van der Waals surface area contributed by atoms with Crippen LogP contribution in [0.5, 0.6) is 5.75 Å². The lowest BCUT2D eigenvalue weighted by molar-refractivity contribution is -0.119. The lowest BCUT2D eigenvalue weighted by Gasteiger charge is -2.05. The Morgan fingerprint density at radius 3 is 2.57 bits per heavy atom. The topological polar surface area (TPSA) is 108 Å². The Labute approximate surface area is 160 Å². The highest BCUT2D eigenvalue weighted by atomic mass is 16.5. The molecule has 0 radical (unpaired) electrons. The Morgan fingerprint density at radius 1 is 1.14 bits per heavy atom. The summed E-state index contributed by atoms with van der Waals surface area (Å²) in [6.45, 7) is -0.0417. The molecule has 3 aromatic rings. The van der Waals surface area contributed by atoms with E-state index in [2.05, 4.69) is 10.3 Å². The Morgan fingerprint density at radius 2 is 1.86 bits per heavy atom. The Kier molecular flexibility index (Phi) is 5.67. The lowest BCUT2D eigenvalue weighted by Crippen LogP contribution is -2.17. The third-order valence-electron chi connectivity index (χ3n) is 4.04. The fraction of sp³-hybridized carbons (Fsp3) is 0.0952. The van der Waals surface area contributed by atoms with E-state index >= 15 is 0 Å². The summed E-state index contributed by atoms with van der Waals surface area (Å²) in [5, 5.41) is 13.4. The van der Waals surface area contributed by atoms with Crippen molar-refractivity contribution in [2.75, 3.05) is 19.0 Å². The zero-order valence-corrected chi connectivity index (χ0v) is 15.1. The number of anilines is 1. The number of pyridine rings is 1. The maximum atomic E-state index is 12.4. The number of methoxy groups -OCH3 is 1. The highest BCUT2D eigenvalue weighted by Crippen LogP contribution is 2.25. The van der Waals surface area contributed by atoms with Crippen LogP contribution in [0.1, 0.15) is 15.9 Å². The number of benzene rings is 2. The van der Waals surface area contributed by atoms with Crippen molar-refractivity contribution in [2.45, 2.75) is 0 Å². The molecule has 0 aliphatic heterocycles. The van der Waals surface area contributed by atoms with E-state index in [1.165, 1.54) is 19.3 Å². The molecule has 7 heteroatoms. The number of aromatic hydroxyl groups is 1. The Hall–Kier alpha value is -3.71. The van der Waals surface area contributed by atoms with Gasteiger partial charge >= 0.3 is 0 Å². The van der Waals surface area contributed by atoms with Gasteiger partial charge in [0.25, 0.3) is 5.56 Å². The van der Waals surface area contributed by atoms with Crippen LogP contribution < -0.4 is 10.9 Å². The monoisotopic (exact) mass is 378 g/mol. The number of para-hydroxylation sites is 1. The molecule has 0 atom stereocenters. The van der Waals surface area contributed by atoms with Crippen molar-refractivity contribution < 1.29 is 19.4 Å². The second kappa shape index (κ2) is 8.32. The number of allylic oxidation sites excluding steroid dienone is 1. The number of carbonyl (C=O) groups excluding carboxylic acids is 2. The summed E-state index contributed by atoms with van der Waals surface area (Å²) in [5.41, 5.74) is 0.779. The van der Waals surface area contributed by atoms with E-state index in [1.54, 1.807) is 48.5 Å². The minimum atomic E-state index is -0.651. The number of H-pyrrole nitrogens is 1. The molecule has 1 amide bonds. The first-order valence-electron chi connectivity index (χ1n) is 8.45. The molecule has 3 rings (SSSR count). The highest BCUT2D eigenvalue weighted by Gasteiger charge is 2.16. The van der Waals surface area contributed by atoms with Crippen molar-refractivity contribution in [3.63, 3.8) is 0 Å². The number of carbonyl (C=O) groups is 2. The summed E-state index contributed by atoms with van der Waals surface area (Å²) in [6.07, 6.45) is 2.74. The van der Waals surface area contributed by atoms with Gasteiger partial charge in [0.15, 0.2) is 5.78 Å². The average Bonchev–Trinajstić information content (AvgIpc) is 2.67. The van der Waals surface area contributed by atoms with Crippen LogP contribution in [0.25, 0.3) is 17.0 Å². The minimum Gasteiger partial charge on any atom is -0.506 e. The number of ether oxygens (including phenoxy) is 1. The number of aromatic nitrogens is 1. The van der Waals surface area contributed by atoms with Gasteiger partial charge in [-0.15, -0.1) is 0 Å². The summed E-state index contributed by atoms with van der Waals surface area (Å²) >= 11 is 0. The van der Waals surface area contributed by atoms with Gasteiger partial charge in [-0.05, 0) is 35.9 Å². The zero-order chi connectivity index (χ0) is 20.1. The van der Waals surface area contributed by atoms with Crippen molar-refractivity contribution in [2.24, 2.45) is 0 Å². The molecule has 3 N–H and O–H groups in total. The molecule has 2 aromatic carbocycles. The van der Waals surface area contributed by atoms with Crippen LogP contribution in [-0.4, -0.2) is 35.5 Å². The highest BCUT2D eigenvalue weighted by molar-refractivity contribution is 6.11. The van der Waals surface area contributed by atoms with Gasteiger partial charge < -0.3 is 20.1 Å². The van der Waals surface area contributed by atoms with Gasteiger partial charge in [0.1, 0.15) is 17.9 Å². The van der Waals surface area contributed by atoms with Crippen molar-refractivity contribution in [3.05, 3.63) is 76.1 Å². The average molecular weight is 378 g/mol. The number of hydrogen-bond acceptors (Lipinski definition) is 5. The van der Waals surface area contributed by atoms with E-state index < -0.39 is 11.3 Å². The SMILES string of the molecule is COCC(=O)Nc1ccc(C=CC(=O)c2c(O)c3ccccc3[nH]c2=O)cc1. The van der Waals surface area contributed by atoms with Crippen LogP contribution in [-0.2, 0) is 9.53 Å². The molecule has 0 unspecified atom stereocenters. The number of amides is 1. The molecule has 1 aromatic heterocycles. The molecule has 0 saturated heterocycles. The standard InChI is InChI=1S/C21H18N2O5/c1-28-12-18(25)22-14-9-6-13(7-10-14)8-11-17(24)19-20(26)15-4-2-3-5-16(15)23-21(19)27/h2-11H,12H2,1H3,(H,22,25)(H2,23,26,27). The van der Waals surface area contributed by atoms with Gasteiger partial charge in [0, 0.05) is 18.2 Å². The number of fused-ring (bicyclic) bond motifs is 1.